The number of rotatable bonds is 3. The van der Waals surface area contributed by atoms with Crippen LogP contribution in [0, 0.1) is 12.8 Å². The topological polar surface area (TPSA) is 29.1 Å². The van der Waals surface area contributed by atoms with Gasteiger partial charge in [-0.2, -0.15) is 0 Å². The van der Waals surface area contributed by atoms with Crippen molar-refractivity contribution in [2.45, 2.75) is 45.6 Å². The number of nitrogens with one attached hydrogen (secondary N) is 1. The molecule has 1 amide bonds. The molecule has 0 bridgehead atoms. The Hall–Kier alpha value is -1.09. The molecule has 0 unspecified atom stereocenters. The van der Waals surface area contributed by atoms with Crippen molar-refractivity contribution < 1.29 is 4.79 Å². The summed E-state index contributed by atoms with van der Waals surface area (Å²) >= 11 is 1.67. The highest BCUT2D eigenvalue weighted by molar-refractivity contribution is 7.11. The quantitative estimate of drug-likeness (QED) is 0.826. The maximum Gasteiger partial charge on any atom is 0.244 e. The van der Waals surface area contributed by atoms with Crippen molar-refractivity contribution >= 4 is 23.3 Å². The van der Waals surface area contributed by atoms with E-state index in [0.717, 1.165) is 6.42 Å². The van der Waals surface area contributed by atoms with Gasteiger partial charge in [-0.25, -0.2) is 0 Å². The minimum absolute atomic E-state index is 0.0431. The lowest BCUT2D eigenvalue weighted by atomic mass is 9.86. The van der Waals surface area contributed by atoms with E-state index in [1.807, 2.05) is 6.08 Å². The first-order valence-corrected chi connectivity index (χ1v) is 7.57. The first-order valence-electron chi connectivity index (χ1n) is 6.69. The second-order valence-electron chi connectivity index (χ2n) is 5.18. The highest BCUT2D eigenvalue weighted by atomic mass is 32.1. The van der Waals surface area contributed by atoms with Crippen LogP contribution in [0.5, 0.6) is 0 Å². The lowest BCUT2D eigenvalue weighted by molar-refractivity contribution is -0.117. The zero-order valence-electron chi connectivity index (χ0n) is 11.1. The summed E-state index contributed by atoms with van der Waals surface area (Å²) in [4.78, 5) is 13.0. The van der Waals surface area contributed by atoms with E-state index in [9.17, 15) is 4.79 Å². The van der Waals surface area contributed by atoms with Crippen molar-refractivity contribution in [2.75, 3.05) is 0 Å². The van der Waals surface area contributed by atoms with Crippen LogP contribution < -0.4 is 5.32 Å². The second kappa shape index (κ2) is 6.19. The molecule has 1 fully saturated rings. The first-order chi connectivity index (χ1) is 8.66. The van der Waals surface area contributed by atoms with Crippen LogP contribution in [0.2, 0.25) is 0 Å². The SMILES string of the molecule is Cc1ccsc1/C=C/C(=O)N[C@H]1CCCC[C@H]1C. The van der Waals surface area contributed by atoms with Crippen LogP contribution >= 0.6 is 11.3 Å². The average molecular weight is 263 g/mol. The molecule has 1 aromatic rings. The van der Waals surface area contributed by atoms with Gasteiger partial charge in [0.2, 0.25) is 5.91 Å². The zero-order chi connectivity index (χ0) is 13.0. The summed E-state index contributed by atoms with van der Waals surface area (Å²) < 4.78 is 0. The lowest BCUT2D eigenvalue weighted by Gasteiger charge is -2.29. The van der Waals surface area contributed by atoms with Crippen LogP contribution in [0.15, 0.2) is 17.5 Å². The standard InChI is InChI=1S/C15H21NOS/c1-11-5-3-4-6-13(11)16-15(17)8-7-14-12(2)9-10-18-14/h7-11,13H,3-6H2,1-2H3,(H,16,17)/b8-7+/t11-,13+/m1/s1. The highest BCUT2D eigenvalue weighted by Gasteiger charge is 2.21. The van der Waals surface area contributed by atoms with Gasteiger partial charge in [-0.1, -0.05) is 19.8 Å². The van der Waals surface area contributed by atoms with Crippen molar-refractivity contribution in [3.05, 3.63) is 28.0 Å². The molecule has 2 nitrogen and oxygen atoms in total. The van der Waals surface area contributed by atoms with Crippen LogP contribution in [-0.2, 0) is 4.79 Å². The average Bonchev–Trinajstić information content (AvgIpc) is 2.75. The molecule has 1 aliphatic rings. The maximum atomic E-state index is 11.9. The van der Waals surface area contributed by atoms with Crippen LogP contribution in [0.3, 0.4) is 0 Å². The van der Waals surface area contributed by atoms with E-state index in [2.05, 4.69) is 30.6 Å². The number of aryl methyl sites for hydroxylation is 1. The molecule has 0 saturated heterocycles. The first kappa shape index (κ1) is 13.3. The molecular formula is C15H21NOS. The Balaban J connectivity index is 1.88. The summed E-state index contributed by atoms with van der Waals surface area (Å²) in [6.45, 7) is 4.30. The van der Waals surface area contributed by atoms with E-state index in [4.69, 9.17) is 0 Å². The molecule has 18 heavy (non-hydrogen) atoms. The number of hydrogen-bond acceptors (Lipinski definition) is 2. The Labute approximate surface area is 113 Å². The van der Waals surface area contributed by atoms with E-state index in [1.165, 1.54) is 29.7 Å². The normalized spacial score (nSPS) is 24.3. The maximum absolute atomic E-state index is 11.9. The van der Waals surface area contributed by atoms with Gasteiger partial charge in [0.25, 0.3) is 0 Å². The van der Waals surface area contributed by atoms with Gasteiger partial charge in [-0.05, 0) is 48.8 Å². The number of thiophene rings is 1. The summed E-state index contributed by atoms with van der Waals surface area (Å²) in [5, 5.41) is 5.18. The third-order valence-corrected chi connectivity index (χ3v) is 4.71. The molecule has 2 rings (SSSR count). The molecule has 0 aromatic carbocycles. The van der Waals surface area contributed by atoms with Crippen molar-refractivity contribution in [3.63, 3.8) is 0 Å². The predicted octanol–water partition coefficient (Wildman–Crippen LogP) is 3.76. The van der Waals surface area contributed by atoms with Gasteiger partial charge in [-0.3, -0.25) is 4.79 Å². The lowest BCUT2D eigenvalue weighted by Crippen LogP contribution is -2.40. The smallest absolute Gasteiger partial charge is 0.244 e. The Morgan fingerprint density at radius 2 is 2.22 bits per heavy atom. The third-order valence-electron chi connectivity index (χ3n) is 3.73. The van der Waals surface area contributed by atoms with Gasteiger partial charge in [-0.15, -0.1) is 11.3 Å². The summed E-state index contributed by atoms with van der Waals surface area (Å²) in [5.41, 5.74) is 1.23. The van der Waals surface area contributed by atoms with E-state index in [-0.39, 0.29) is 5.91 Å². The second-order valence-corrected chi connectivity index (χ2v) is 6.13. The molecule has 1 N–H and O–H groups in total. The largest absolute Gasteiger partial charge is 0.350 e. The Bertz CT molecular complexity index is 435. The summed E-state index contributed by atoms with van der Waals surface area (Å²) in [5.74, 6) is 0.654. The van der Waals surface area contributed by atoms with Crippen molar-refractivity contribution in [1.29, 1.82) is 0 Å². The molecular weight excluding hydrogens is 242 g/mol. The molecule has 0 spiro atoms. The van der Waals surface area contributed by atoms with Gasteiger partial charge >= 0.3 is 0 Å². The van der Waals surface area contributed by atoms with Gasteiger partial charge in [0, 0.05) is 17.0 Å². The van der Waals surface area contributed by atoms with E-state index in [0.29, 0.717) is 12.0 Å². The van der Waals surface area contributed by atoms with E-state index in [1.54, 1.807) is 17.4 Å². The van der Waals surface area contributed by atoms with Crippen LogP contribution in [0.1, 0.15) is 43.0 Å². The fourth-order valence-corrected chi connectivity index (χ4v) is 3.29. The molecule has 0 aliphatic heterocycles. The van der Waals surface area contributed by atoms with Gasteiger partial charge in [0.05, 0.1) is 0 Å². The monoisotopic (exact) mass is 263 g/mol. The minimum Gasteiger partial charge on any atom is -0.350 e. The van der Waals surface area contributed by atoms with Gasteiger partial charge < -0.3 is 5.32 Å². The number of amides is 1. The number of carbonyl (C=O) groups is 1. The van der Waals surface area contributed by atoms with Crippen molar-refractivity contribution in [3.8, 4) is 0 Å². The molecule has 1 heterocycles. The minimum atomic E-state index is 0.0431. The predicted molar refractivity (Wildman–Crippen MR) is 77.7 cm³/mol. The summed E-state index contributed by atoms with van der Waals surface area (Å²) in [7, 11) is 0. The molecule has 1 aromatic heterocycles. The van der Waals surface area contributed by atoms with Crippen molar-refractivity contribution in [1.82, 2.24) is 5.32 Å². The third kappa shape index (κ3) is 3.45. The fourth-order valence-electron chi connectivity index (χ4n) is 2.47. The Kier molecular flexibility index (Phi) is 4.59. The van der Waals surface area contributed by atoms with Crippen molar-refractivity contribution in [2.24, 2.45) is 5.92 Å². The molecule has 3 heteroatoms. The van der Waals surface area contributed by atoms with E-state index >= 15 is 0 Å². The Morgan fingerprint density at radius 1 is 1.44 bits per heavy atom. The highest BCUT2D eigenvalue weighted by Crippen LogP contribution is 2.23. The van der Waals surface area contributed by atoms with Crippen LogP contribution in [0.25, 0.3) is 6.08 Å². The summed E-state index contributed by atoms with van der Waals surface area (Å²) in [6, 6.07) is 2.44. The van der Waals surface area contributed by atoms with E-state index < -0.39 is 0 Å². The number of hydrogen-bond donors (Lipinski definition) is 1. The fraction of sp³-hybridized carbons (Fsp3) is 0.533. The molecule has 98 valence electrons. The van der Waals surface area contributed by atoms with Gasteiger partial charge in [0.1, 0.15) is 0 Å². The molecule has 1 saturated carbocycles. The molecule has 2 atom stereocenters. The number of carbonyl (C=O) groups excluding carboxylic acids is 1. The molecule has 0 radical (unpaired) electrons. The molecule has 1 aliphatic carbocycles. The summed E-state index contributed by atoms with van der Waals surface area (Å²) in [6.07, 6.45) is 8.49. The Morgan fingerprint density at radius 3 is 2.89 bits per heavy atom. The van der Waals surface area contributed by atoms with Crippen LogP contribution in [0.4, 0.5) is 0 Å². The van der Waals surface area contributed by atoms with Crippen LogP contribution in [-0.4, -0.2) is 11.9 Å². The van der Waals surface area contributed by atoms with Gasteiger partial charge in [0.15, 0.2) is 0 Å². The zero-order valence-corrected chi connectivity index (χ0v) is 11.9.